The number of thiophene rings is 1. The molecule has 1 aromatic rings. The number of hydrogen-bond acceptors (Lipinski definition) is 5. The molecule has 0 spiro atoms. The summed E-state index contributed by atoms with van der Waals surface area (Å²) < 4.78 is 0. The summed E-state index contributed by atoms with van der Waals surface area (Å²) >= 11 is 0.708. The van der Waals surface area contributed by atoms with Gasteiger partial charge in [-0.1, -0.05) is 11.3 Å². The van der Waals surface area contributed by atoms with Crippen molar-refractivity contribution >= 4 is 34.7 Å². The van der Waals surface area contributed by atoms with Crippen molar-refractivity contribution in [2.75, 3.05) is 0 Å². The second-order valence-corrected chi connectivity index (χ2v) is 3.52. The Morgan fingerprint density at radius 2 is 2.27 bits per heavy atom. The number of aliphatic carboxylic acids is 1. The number of carboxylic acid groups (broad SMARTS) is 1. The van der Waals surface area contributed by atoms with E-state index in [0.717, 1.165) is 12.2 Å². The van der Waals surface area contributed by atoms with Gasteiger partial charge in [0.15, 0.2) is 6.29 Å². The molecule has 0 bridgehead atoms. The minimum Gasteiger partial charge on any atom is -0.478 e. The van der Waals surface area contributed by atoms with Gasteiger partial charge in [-0.25, -0.2) is 4.79 Å². The lowest BCUT2D eigenvalue weighted by atomic mass is 10.2. The van der Waals surface area contributed by atoms with Crippen molar-refractivity contribution < 1.29 is 19.6 Å². The molecule has 0 amide bonds. The first kappa shape index (κ1) is 11.1. The molecule has 0 saturated heterocycles. The Morgan fingerprint density at radius 1 is 1.60 bits per heavy atom. The van der Waals surface area contributed by atoms with Crippen LogP contribution < -0.4 is 0 Å². The first-order chi connectivity index (χ1) is 7.04. The van der Waals surface area contributed by atoms with Gasteiger partial charge in [-0.3, -0.25) is 14.9 Å². The van der Waals surface area contributed by atoms with Crippen LogP contribution in [0, 0.1) is 10.1 Å². The maximum absolute atomic E-state index is 10.5. The molecule has 7 heteroatoms. The zero-order chi connectivity index (χ0) is 11.4. The van der Waals surface area contributed by atoms with Gasteiger partial charge < -0.3 is 5.11 Å². The van der Waals surface area contributed by atoms with Crippen molar-refractivity contribution in [3.05, 3.63) is 32.7 Å². The number of carbonyl (C=O) groups excluding carboxylic acids is 1. The monoisotopic (exact) mass is 227 g/mol. The van der Waals surface area contributed by atoms with E-state index in [1.54, 1.807) is 0 Å². The summed E-state index contributed by atoms with van der Waals surface area (Å²) in [6.45, 7) is 0. The average molecular weight is 227 g/mol. The number of aldehydes is 1. The molecule has 0 aliphatic heterocycles. The van der Waals surface area contributed by atoms with Gasteiger partial charge in [-0.15, -0.1) is 0 Å². The molecule has 0 radical (unpaired) electrons. The Bertz CT molecular complexity index is 448. The van der Waals surface area contributed by atoms with E-state index in [1.807, 2.05) is 0 Å². The molecular formula is C8H5NO5S. The zero-order valence-corrected chi connectivity index (χ0v) is 8.06. The molecule has 0 aliphatic rings. The molecule has 0 aromatic carbocycles. The highest BCUT2D eigenvalue weighted by atomic mass is 32.1. The lowest BCUT2D eigenvalue weighted by molar-refractivity contribution is -0.380. The SMILES string of the molecule is O=Cc1cc(C=CC(=O)O)c([N+](=O)[O-])s1. The minimum absolute atomic E-state index is 0.120. The summed E-state index contributed by atoms with van der Waals surface area (Å²) in [5, 5.41) is 18.6. The van der Waals surface area contributed by atoms with Crippen molar-refractivity contribution in [2.24, 2.45) is 0 Å². The first-order valence-electron chi connectivity index (χ1n) is 3.69. The third kappa shape index (κ3) is 2.71. The van der Waals surface area contributed by atoms with E-state index >= 15 is 0 Å². The maximum Gasteiger partial charge on any atom is 0.331 e. The van der Waals surface area contributed by atoms with Crippen molar-refractivity contribution in [3.63, 3.8) is 0 Å². The average Bonchev–Trinajstić information content (AvgIpc) is 2.57. The van der Waals surface area contributed by atoms with Crippen LogP contribution in [0.1, 0.15) is 15.2 Å². The van der Waals surface area contributed by atoms with Crippen LogP contribution in [-0.2, 0) is 4.79 Å². The normalized spacial score (nSPS) is 10.4. The Labute approximate surface area is 87.6 Å². The van der Waals surface area contributed by atoms with E-state index < -0.39 is 10.9 Å². The smallest absolute Gasteiger partial charge is 0.331 e. The number of nitro groups is 1. The topological polar surface area (TPSA) is 97.5 Å². The third-order valence-corrected chi connectivity index (χ3v) is 2.47. The summed E-state index contributed by atoms with van der Waals surface area (Å²) in [4.78, 5) is 30.6. The van der Waals surface area contributed by atoms with Crippen LogP contribution in [0.5, 0.6) is 0 Å². The van der Waals surface area contributed by atoms with Gasteiger partial charge in [0.05, 0.1) is 15.4 Å². The summed E-state index contributed by atoms with van der Waals surface area (Å²) in [5.41, 5.74) is 0.120. The Hall–Kier alpha value is -2.02. The van der Waals surface area contributed by atoms with E-state index in [4.69, 9.17) is 5.11 Å². The molecule has 1 rings (SSSR count). The molecule has 0 aliphatic carbocycles. The standard InChI is InChI=1S/C8H5NO5S/c10-4-6-3-5(1-2-7(11)12)8(15-6)9(13)14/h1-4H,(H,11,12). The van der Waals surface area contributed by atoms with E-state index in [1.165, 1.54) is 6.07 Å². The summed E-state index contributed by atoms with van der Waals surface area (Å²) in [6.07, 6.45) is 2.35. The second-order valence-electron chi connectivity index (χ2n) is 2.46. The highest BCUT2D eigenvalue weighted by Crippen LogP contribution is 2.30. The van der Waals surface area contributed by atoms with Crippen molar-refractivity contribution in [1.82, 2.24) is 0 Å². The van der Waals surface area contributed by atoms with Crippen LogP contribution in [0.25, 0.3) is 6.08 Å². The van der Waals surface area contributed by atoms with Crippen LogP contribution in [0.4, 0.5) is 5.00 Å². The van der Waals surface area contributed by atoms with Crippen molar-refractivity contribution in [1.29, 1.82) is 0 Å². The molecule has 0 atom stereocenters. The molecule has 0 unspecified atom stereocenters. The minimum atomic E-state index is -1.21. The van der Waals surface area contributed by atoms with E-state index in [9.17, 15) is 19.7 Å². The van der Waals surface area contributed by atoms with Gasteiger partial charge in [-0.2, -0.15) is 0 Å². The first-order valence-corrected chi connectivity index (χ1v) is 4.50. The maximum atomic E-state index is 10.5. The summed E-state index contributed by atoms with van der Waals surface area (Å²) in [5.74, 6) is -1.21. The summed E-state index contributed by atoms with van der Waals surface area (Å²) in [7, 11) is 0. The molecule has 0 fully saturated rings. The molecular weight excluding hydrogens is 222 g/mol. The van der Waals surface area contributed by atoms with Crippen molar-refractivity contribution in [3.8, 4) is 0 Å². The van der Waals surface area contributed by atoms with Crippen LogP contribution >= 0.6 is 11.3 Å². The molecule has 78 valence electrons. The third-order valence-electron chi connectivity index (χ3n) is 1.45. The lowest BCUT2D eigenvalue weighted by Crippen LogP contribution is -1.88. The molecule has 15 heavy (non-hydrogen) atoms. The predicted molar refractivity (Wildman–Crippen MR) is 53.0 cm³/mol. The fourth-order valence-corrected chi connectivity index (χ4v) is 1.67. The van der Waals surface area contributed by atoms with E-state index in [-0.39, 0.29) is 15.4 Å². The molecule has 1 N–H and O–H groups in total. The molecule has 0 saturated carbocycles. The Balaban J connectivity index is 3.14. The number of carbonyl (C=O) groups is 2. The fraction of sp³-hybridized carbons (Fsp3) is 0. The predicted octanol–water partition coefficient (Wildman–Crippen LogP) is 1.57. The van der Waals surface area contributed by atoms with Crippen LogP contribution in [-0.4, -0.2) is 22.3 Å². The zero-order valence-electron chi connectivity index (χ0n) is 7.25. The second kappa shape index (κ2) is 4.47. The highest BCUT2D eigenvalue weighted by Gasteiger charge is 2.16. The quantitative estimate of drug-likeness (QED) is 0.364. The summed E-state index contributed by atoms with van der Waals surface area (Å²) in [6, 6.07) is 1.27. The lowest BCUT2D eigenvalue weighted by Gasteiger charge is -1.86. The Kier molecular flexibility index (Phi) is 3.29. The molecule has 1 aromatic heterocycles. The Morgan fingerprint density at radius 3 is 2.73 bits per heavy atom. The number of hydrogen-bond donors (Lipinski definition) is 1. The number of nitrogens with zero attached hydrogens (tertiary/aromatic N) is 1. The van der Waals surface area contributed by atoms with Crippen molar-refractivity contribution in [2.45, 2.75) is 0 Å². The molecule has 6 nitrogen and oxygen atoms in total. The molecule has 1 heterocycles. The van der Waals surface area contributed by atoms with Gasteiger partial charge >= 0.3 is 11.0 Å². The van der Waals surface area contributed by atoms with Gasteiger partial charge in [-0.05, 0) is 12.1 Å². The largest absolute Gasteiger partial charge is 0.478 e. The van der Waals surface area contributed by atoms with Crippen LogP contribution in [0.3, 0.4) is 0 Å². The van der Waals surface area contributed by atoms with E-state index in [0.29, 0.717) is 17.6 Å². The fourth-order valence-electron chi connectivity index (χ4n) is 0.896. The van der Waals surface area contributed by atoms with Crippen LogP contribution in [0.15, 0.2) is 12.1 Å². The number of rotatable bonds is 4. The van der Waals surface area contributed by atoms with Crippen LogP contribution in [0.2, 0.25) is 0 Å². The van der Waals surface area contributed by atoms with E-state index in [2.05, 4.69) is 0 Å². The number of carboxylic acids is 1. The van der Waals surface area contributed by atoms with Gasteiger partial charge in [0.25, 0.3) is 0 Å². The van der Waals surface area contributed by atoms with Gasteiger partial charge in [0, 0.05) is 6.08 Å². The van der Waals surface area contributed by atoms with Gasteiger partial charge in [0.2, 0.25) is 0 Å². The van der Waals surface area contributed by atoms with Gasteiger partial charge in [0.1, 0.15) is 0 Å². The highest BCUT2D eigenvalue weighted by molar-refractivity contribution is 7.17.